The zero-order valence-electron chi connectivity index (χ0n) is 17.4. The smallest absolute Gasteiger partial charge is 0.338 e. The van der Waals surface area contributed by atoms with Crippen LogP contribution in [0.15, 0.2) is 64.2 Å². The van der Waals surface area contributed by atoms with Gasteiger partial charge in [-0.15, -0.1) is 11.3 Å². The average Bonchev–Trinajstić information content (AvgIpc) is 3.30. The molecule has 1 aromatic heterocycles. The van der Waals surface area contributed by atoms with E-state index in [4.69, 9.17) is 4.74 Å². The van der Waals surface area contributed by atoms with Crippen molar-refractivity contribution >= 4 is 44.6 Å². The van der Waals surface area contributed by atoms with Crippen molar-refractivity contribution in [3.8, 4) is 0 Å². The van der Waals surface area contributed by atoms with Crippen LogP contribution in [0, 0.1) is 12.7 Å². The third-order valence-electron chi connectivity index (χ3n) is 4.46. The highest BCUT2D eigenvalue weighted by molar-refractivity contribution is 7.94. The highest BCUT2D eigenvalue weighted by Gasteiger charge is 2.28. The summed E-state index contributed by atoms with van der Waals surface area (Å²) in [5.41, 5.74) is 1.44. The third-order valence-corrected chi connectivity index (χ3v) is 7.61. The van der Waals surface area contributed by atoms with Crippen LogP contribution in [-0.2, 0) is 19.6 Å². The quantitative estimate of drug-likeness (QED) is 0.492. The van der Waals surface area contributed by atoms with Gasteiger partial charge >= 0.3 is 5.97 Å². The minimum absolute atomic E-state index is 0.0510. The van der Waals surface area contributed by atoms with Gasteiger partial charge in [0.2, 0.25) is 5.91 Å². The predicted octanol–water partition coefficient (Wildman–Crippen LogP) is 4.21. The normalized spacial score (nSPS) is 11.1. The number of ether oxygens (including phenoxy) is 1. The number of amides is 1. The van der Waals surface area contributed by atoms with Gasteiger partial charge in [0.1, 0.15) is 16.6 Å². The molecule has 0 saturated heterocycles. The molecule has 3 aromatic rings. The first-order valence-corrected chi connectivity index (χ1v) is 11.9. The molecule has 1 N–H and O–H groups in total. The zero-order chi connectivity index (χ0) is 23.3. The van der Waals surface area contributed by atoms with Gasteiger partial charge in [-0.2, -0.15) is 0 Å². The van der Waals surface area contributed by atoms with E-state index in [1.54, 1.807) is 37.4 Å². The van der Waals surface area contributed by atoms with E-state index in [0.29, 0.717) is 11.3 Å². The van der Waals surface area contributed by atoms with Crippen LogP contribution in [0.3, 0.4) is 0 Å². The summed E-state index contributed by atoms with van der Waals surface area (Å²) in [6.45, 7) is 3.09. The molecule has 10 heteroatoms. The number of nitrogens with one attached hydrogen (secondary N) is 1. The number of thiophene rings is 1. The molecule has 0 spiro atoms. The van der Waals surface area contributed by atoms with Gasteiger partial charge in [0.25, 0.3) is 10.0 Å². The van der Waals surface area contributed by atoms with E-state index in [1.807, 2.05) is 0 Å². The molecular formula is C22H21FN2O5S2. The van der Waals surface area contributed by atoms with Gasteiger partial charge in [-0.05, 0) is 67.3 Å². The van der Waals surface area contributed by atoms with Crippen molar-refractivity contribution in [1.29, 1.82) is 0 Å². The number of halogens is 1. The van der Waals surface area contributed by atoms with Gasteiger partial charge in [0.05, 0.1) is 17.9 Å². The number of esters is 1. The van der Waals surface area contributed by atoms with Crippen molar-refractivity contribution in [1.82, 2.24) is 0 Å². The lowest BCUT2D eigenvalue weighted by Gasteiger charge is -2.23. The minimum atomic E-state index is -4.06. The first kappa shape index (κ1) is 23.4. The molecule has 3 rings (SSSR count). The summed E-state index contributed by atoms with van der Waals surface area (Å²) in [7, 11) is -4.06. The third kappa shape index (κ3) is 5.32. The van der Waals surface area contributed by atoms with Gasteiger partial charge in [-0.1, -0.05) is 12.1 Å². The predicted molar refractivity (Wildman–Crippen MR) is 121 cm³/mol. The Balaban J connectivity index is 1.89. The van der Waals surface area contributed by atoms with Crippen LogP contribution in [-0.4, -0.2) is 33.4 Å². The second kappa shape index (κ2) is 9.92. The lowest BCUT2D eigenvalue weighted by atomic mass is 10.1. The SMILES string of the molecule is CCOC(=O)c1ccc(C)c(NC(=O)CN(c2ccc(F)cc2)S(=O)(=O)c2cccs2)c1. The molecule has 0 fully saturated rings. The van der Waals surface area contributed by atoms with Crippen LogP contribution in [0.4, 0.5) is 15.8 Å². The molecular weight excluding hydrogens is 455 g/mol. The fourth-order valence-electron chi connectivity index (χ4n) is 2.86. The first-order valence-electron chi connectivity index (χ1n) is 9.62. The second-order valence-corrected chi connectivity index (χ2v) is 9.76. The molecule has 0 aliphatic rings. The largest absolute Gasteiger partial charge is 0.462 e. The Kier molecular flexibility index (Phi) is 7.26. The molecule has 0 saturated carbocycles. The molecule has 32 heavy (non-hydrogen) atoms. The fourth-order valence-corrected chi connectivity index (χ4v) is 5.39. The summed E-state index contributed by atoms with van der Waals surface area (Å²) < 4.78 is 45.6. The average molecular weight is 477 g/mol. The van der Waals surface area contributed by atoms with Crippen molar-refractivity contribution in [2.45, 2.75) is 18.1 Å². The van der Waals surface area contributed by atoms with Crippen LogP contribution in [0.1, 0.15) is 22.8 Å². The number of nitrogens with zero attached hydrogens (tertiary/aromatic N) is 1. The molecule has 0 aliphatic heterocycles. The molecule has 0 aliphatic carbocycles. The maximum atomic E-state index is 13.4. The topological polar surface area (TPSA) is 92.8 Å². The molecule has 0 unspecified atom stereocenters. The summed E-state index contributed by atoms with van der Waals surface area (Å²) in [6, 6.07) is 12.6. The van der Waals surface area contributed by atoms with Gasteiger partial charge in [0, 0.05) is 5.69 Å². The van der Waals surface area contributed by atoms with Gasteiger partial charge in [0.15, 0.2) is 0 Å². The Morgan fingerprint density at radius 1 is 1.12 bits per heavy atom. The number of hydrogen-bond acceptors (Lipinski definition) is 6. The summed E-state index contributed by atoms with van der Waals surface area (Å²) in [5, 5.41) is 4.26. The zero-order valence-corrected chi connectivity index (χ0v) is 19.0. The van der Waals surface area contributed by atoms with E-state index in [2.05, 4.69) is 5.32 Å². The van der Waals surface area contributed by atoms with Gasteiger partial charge in [-0.25, -0.2) is 17.6 Å². The van der Waals surface area contributed by atoms with E-state index in [-0.39, 0.29) is 22.1 Å². The monoisotopic (exact) mass is 476 g/mol. The Hall–Kier alpha value is -3.24. The van der Waals surface area contributed by atoms with E-state index >= 15 is 0 Å². The maximum absolute atomic E-state index is 13.4. The molecule has 168 valence electrons. The number of anilines is 2. The standard InChI is InChI=1S/C22H21FN2O5S2/c1-3-30-22(27)16-7-6-15(2)19(13-16)24-20(26)14-25(18-10-8-17(23)9-11-18)32(28,29)21-5-4-12-31-21/h4-13H,3,14H2,1-2H3,(H,24,26). The van der Waals surface area contributed by atoms with Crippen LogP contribution in [0.5, 0.6) is 0 Å². The molecule has 1 heterocycles. The molecule has 0 atom stereocenters. The summed E-state index contributed by atoms with van der Waals surface area (Å²) in [6.07, 6.45) is 0. The van der Waals surface area contributed by atoms with Crippen molar-refractivity contribution < 1.29 is 27.1 Å². The molecule has 2 aromatic carbocycles. The molecule has 1 amide bonds. The molecule has 7 nitrogen and oxygen atoms in total. The van der Waals surface area contributed by atoms with Crippen LogP contribution in [0.2, 0.25) is 0 Å². The van der Waals surface area contributed by atoms with Crippen molar-refractivity contribution in [2.75, 3.05) is 22.8 Å². The number of carbonyl (C=O) groups excluding carboxylic acids is 2. The Morgan fingerprint density at radius 2 is 1.84 bits per heavy atom. The van der Waals surface area contributed by atoms with Crippen molar-refractivity contribution in [3.05, 3.63) is 76.9 Å². The summed E-state index contributed by atoms with van der Waals surface area (Å²) in [5.74, 6) is -1.69. The van der Waals surface area contributed by atoms with E-state index in [9.17, 15) is 22.4 Å². The van der Waals surface area contributed by atoms with Crippen LogP contribution in [0.25, 0.3) is 0 Å². The number of sulfonamides is 1. The molecule has 0 bridgehead atoms. The summed E-state index contributed by atoms with van der Waals surface area (Å²) in [4.78, 5) is 24.8. The second-order valence-electron chi connectivity index (χ2n) is 6.72. The lowest BCUT2D eigenvalue weighted by Crippen LogP contribution is -2.38. The fraction of sp³-hybridized carbons (Fsp3) is 0.182. The van der Waals surface area contributed by atoms with E-state index in [1.165, 1.54) is 24.3 Å². The number of benzene rings is 2. The molecule has 0 radical (unpaired) electrons. The van der Waals surface area contributed by atoms with Crippen molar-refractivity contribution in [2.24, 2.45) is 0 Å². The van der Waals surface area contributed by atoms with Crippen molar-refractivity contribution in [3.63, 3.8) is 0 Å². The van der Waals surface area contributed by atoms with Gasteiger partial charge in [-0.3, -0.25) is 9.10 Å². The lowest BCUT2D eigenvalue weighted by molar-refractivity contribution is -0.114. The van der Waals surface area contributed by atoms with Crippen LogP contribution >= 0.6 is 11.3 Å². The van der Waals surface area contributed by atoms with E-state index in [0.717, 1.165) is 27.8 Å². The van der Waals surface area contributed by atoms with Gasteiger partial charge < -0.3 is 10.1 Å². The Bertz CT molecular complexity index is 1210. The maximum Gasteiger partial charge on any atom is 0.338 e. The minimum Gasteiger partial charge on any atom is -0.462 e. The highest BCUT2D eigenvalue weighted by atomic mass is 32.2. The number of rotatable bonds is 8. The van der Waals surface area contributed by atoms with Crippen LogP contribution < -0.4 is 9.62 Å². The number of hydrogen-bond donors (Lipinski definition) is 1. The Labute approximate surface area is 189 Å². The summed E-state index contributed by atoms with van der Waals surface area (Å²) >= 11 is 1.01. The van der Waals surface area contributed by atoms with E-state index < -0.39 is 34.3 Å². The number of aryl methyl sites for hydroxylation is 1. The first-order chi connectivity index (χ1) is 15.2. The number of carbonyl (C=O) groups is 2. The highest BCUT2D eigenvalue weighted by Crippen LogP contribution is 2.27. The Morgan fingerprint density at radius 3 is 2.47 bits per heavy atom.